The van der Waals surface area contributed by atoms with Gasteiger partial charge in [-0.1, -0.05) is 12.1 Å². The number of carbonyl (C=O) groups is 1. The van der Waals surface area contributed by atoms with Crippen LogP contribution in [0.25, 0.3) is 21.9 Å². The molecule has 3 N–H and O–H groups in total. The summed E-state index contributed by atoms with van der Waals surface area (Å²) in [7, 11) is 0. The van der Waals surface area contributed by atoms with Gasteiger partial charge in [0.25, 0.3) is 0 Å². The third-order valence-corrected chi connectivity index (χ3v) is 4.74. The van der Waals surface area contributed by atoms with Crippen LogP contribution in [0.15, 0.2) is 42.6 Å². The molecule has 138 valence electrons. The van der Waals surface area contributed by atoms with E-state index >= 15 is 0 Å². The highest BCUT2D eigenvalue weighted by Crippen LogP contribution is 2.36. The Morgan fingerprint density at radius 1 is 1.33 bits per heavy atom. The minimum Gasteiger partial charge on any atom is -0.486 e. The molecule has 0 unspecified atom stereocenters. The predicted octanol–water partition coefficient (Wildman–Crippen LogP) is 3.67. The topological polar surface area (TPSA) is 88.7 Å². The van der Waals surface area contributed by atoms with Gasteiger partial charge in [0, 0.05) is 22.5 Å². The summed E-state index contributed by atoms with van der Waals surface area (Å²) < 4.78 is 20.5. The number of hydrogen-bond acceptors (Lipinski definition) is 4. The van der Waals surface area contributed by atoms with E-state index in [4.69, 9.17) is 15.6 Å². The number of anilines is 1. The predicted molar refractivity (Wildman–Crippen MR) is 100 cm³/mol. The number of nitrogen functional groups attached to an aromatic ring is 1. The zero-order chi connectivity index (χ0) is 19.1. The second-order valence-corrected chi connectivity index (χ2v) is 6.66. The summed E-state index contributed by atoms with van der Waals surface area (Å²) in [5.74, 6) is 0.571. The first-order valence-electron chi connectivity index (χ1n) is 8.51. The summed E-state index contributed by atoms with van der Waals surface area (Å²) in [6.07, 6.45) is 0.404. The van der Waals surface area contributed by atoms with Crippen LogP contribution < -0.4 is 10.5 Å². The molecule has 0 bridgehead atoms. The first-order valence-corrected chi connectivity index (χ1v) is 8.51. The lowest BCUT2D eigenvalue weighted by atomic mass is 9.97. The first-order chi connectivity index (χ1) is 12.9. The highest BCUT2D eigenvalue weighted by molar-refractivity contribution is 5.94. The Balaban J connectivity index is 1.79. The van der Waals surface area contributed by atoms with Gasteiger partial charge in [-0.2, -0.15) is 0 Å². The third kappa shape index (κ3) is 3.12. The number of halogens is 1. The Hall–Kier alpha value is -3.35. The van der Waals surface area contributed by atoms with Gasteiger partial charge < -0.3 is 20.5 Å². The van der Waals surface area contributed by atoms with Crippen molar-refractivity contribution in [3.63, 3.8) is 0 Å². The molecule has 2 heterocycles. The molecule has 1 aliphatic heterocycles. The van der Waals surface area contributed by atoms with Crippen molar-refractivity contribution in [1.82, 2.24) is 9.88 Å². The molecule has 1 aromatic heterocycles. The number of aromatic nitrogens is 1. The Morgan fingerprint density at radius 3 is 2.81 bits per heavy atom. The van der Waals surface area contributed by atoms with Gasteiger partial charge >= 0.3 is 6.09 Å². The van der Waals surface area contributed by atoms with Crippen LogP contribution in [0.1, 0.15) is 5.56 Å². The number of carboxylic acid groups (broad SMARTS) is 1. The smallest absolute Gasteiger partial charge is 0.407 e. The van der Waals surface area contributed by atoms with Crippen LogP contribution in [-0.2, 0) is 0 Å². The molecule has 0 aliphatic carbocycles. The zero-order valence-corrected chi connectivity index (χ0v) is 14.6. The van der Waals surface area contributed by atoms with E-state index in [1.807, 2.05) is 19.1 Å². The average Bonchev–Trinajstić information content (AvgIpc) is 2.57. The lowest BCUT2D eigenvalue weighted by Gasteiger charge is -2.37. The second-order valence-electron chi connectivity index (χ2n) is 6.66. The van der Waals surface area contributed by atoms with E-state index < -0.39 is 6.09 Å². The molecule has 27 heavy (non-hydrogen) atoms. The molecule has 3 aromatic rings. The third-order valence-electron chi connectivity index (χ3n) is 4.74. The van der Waals surface area contributed by atoms with Crippen LogP contribution in [0.3, 0.4) is 0 Å². The molecular weight excluding hydrogens is 349 g/mol. The maximum absolute atomic E-state index is 14.5. The van der Waals surface area contributed by atoms with Crippen molar-refractivity contribution >= 4 is 22.7 Å². The zero-order valence-electron chi connectivity index (χ0n) is 14.6. The number of nitrogens with zero attached hydrogens (tertiary/aromatic N) is 2. The van der Waals surface area contributed by atoms with Crippen LogP contribution in [0.4, 0.5) is 15.0 Å². The maximum Gasteiger partial charge on any atom is 0.407 e. The number of ether oxygens (including phenoxy) is 1. The van der Waals surface area contributed by atoms with Crippen molar-refractivity contribution in [3.05, 3.63) is 54.0 Å². The Kier molecular flexibility index (Phi) is 4.07. The number of amides is 1. The minimum atomic E-state index is -0.969. The lowest BCUT2D eigenvalue weighted by molar-refractivity contribution is 0.0261. The largest absolute Gasteiger partial charge is 0.486 e. The molecule has 0 radical (unpaired) electrons. The van der Waals surface area contributed by atoms with Crippen LogP contribution in [0.2, 0.25) is 0 Å². The van der Waals surface area contributed by atoms with Crippen LogP contribution in [0, 0.1) is 12.7 Å². The summed E-state index contributed by atoms with van der Waals surface area (Å²) in [6, 6.07) is 10.3. The van der Waals surface area contributed by atoms with Gasteiger partial charge in [0.1, 0.15) is 23.5 Å². The molecule has 1 saturated heterocycles. The Bertz CT molecular complexity index is 1030. The minimum absolute atomic E-state index is 0.254. The van der Waals surface area contributed by atoms with Gasteiger partial charge in [0.2, 0.25) is 0 Å². The fourth-order valence-electron chi connectivity index (χ4n) is 3.33. The van der Waals surface area contributed by atoms with E-state index in [1.54, 1.807) is 24.4 Å². The number of likely N-dealkylation sites (tertiary alicyclic amines) is 1. The van der Waals surface area contributed by atoms with Crippen LogP contribution >= 0.6 is 0 Å². The van der Waals surface area contributed by atoms with Crippen molar-refractivity contribution in [3.8, 4) is 16.9 Å². The average molecular weight is 367 g/mol. The molecule has 0 saturated carbocycles. The standard InChI is InChI=1S/C20H18FN3O3/c1-11-3-2-4-16(21)19(11)12-5-13-8-23-18(22)7-15(13)17(6-12)27-14-9-24(10-14)20(25)26/h2-8,14H,9-10H2,1H3,(H2,22,23)(H,25,26). The van der Waals surface area contributed by atoms with Crippen molar-refractivity contribution < 1.29 is 19.0 Å². The number of nitrogens with two attached hydrogens (primary N) is 1. The monoisotopic (exact) mass is 367 g/mol. The fourth-order valence-corrected chi connectivity index (χ4v) is 3.33. The summed E-state index contributed by atoms with van der Waals surface area (Å²) in [4.78, 5) is 16.3. The van der Waals surface area contributed by atoms with E-state index in [2.05, 4.69) is 4.98 Å². The van der Waals surface area contributed by atoms with E-state index in [1.165, 1.54) is 11.0 Å². The van der Waals surface area contributed by atoms with Gasteiger partial charge in [0.15, 0.2) is 0 Å². The Labute approximate surface area is 155 Å². The number of rotatable bonds is 3. The quantitative estimate of drug-likeness (QED) is 0.737. The van der Waals surface area contributed by atoms with Gasteiger partial charge in [-0.3, -0.25) is 0 Å². The van der Waals surface area contributed by atoms with Crippen LogP contribution in [-0.4, -0.2) is 40.3 Å². The van der Waals surface area contributed by atoms with Gasteiger partial charge in [-0.25, -0.2) is 14.2 Å². The first kappa shape index (κ1) is 17.1. The molecule has 0 spiro atoms. The van der Waals surface area contributed by atoms with E-state index in [9.17, 15) is 9.18 Å². The summed E-state index contributed by atoms with van der Waals surface area (Å²) in [5.41, 5.74) is 7.80. The van der Waals surface area contributed by atoms with Gasteiger partial charge in [0.05, 0.1) is 13.1 Å². The molecule has 1 amide bonds. The lowest BCUT2D eigenvalue weighted by Crippen LogP contribution is -2.55. The number of pyridine rings is 1. The fraction of sp³-hybridized carbons (Fsp3) is 0.200. The van der Waals surface area contributed by atoms with Crippen molar-refractivity contribution in [2.75, 3.05) is 18.8 Å². The van der Waals surface area contributed by atoms with Crippen molar-refractivity contribution in [2.24, 2.45) is 0 Å². The summed E-state index contributed by atoms with van der Waals surface area (Å²) in [5, 5.41) is 10.5. The molecule has 0 atom stereocenters. The number of fused-ring (bicyclic) bond motifs is 1. The summed E-state index contributed by atoms with van der Waals surface area (Å²) in [6.45, 7) is 2.43. The number of benzene rings is 2. The van der Waals surface area contributed by atoms with E-state index in [0.29, 0.717) is 35.8 Å². The van der Waals surface area contributed by atoms with E-state index in [-0.39, 0.29) is 11.9 Å². The summed E-state index contributed by atoms with van der Waals surface area (Å²) >= 11 is 0. The van der Waals surface area contributed by atoms with Crippen molar-refractivity contribution in [1.29, 1.82) is 0 Å². The molecule has 2 aromatic carbocycles. The molecule has 1 fully saturated rings. The molecular formula is C20H18FN3O3. The number of hydrogen-bond donors (Lipinski definition) is 2. The molecule has 4 rings (SSSR count). The molecule has 6 nitrogen and oxygen atoms in total. The highest BCUT2D eigenvalue weighted by Gasteiger charge is 2.32. The van der Waals surface area contributed by atoms with E-state index in [0.717, 1.165) is 16.3 Å². The molecule has 1 aliphatic rings. The SMILES string of the molecule is Cc1cccc(F)c1-c1cc(OC2CN(C(=O)O)C2)c2cc(N)ncc2c1. The highest BCUT2D eigenvalue weighted by atomic mass is 19.1. The normalized spacial score (nSPS) is 14.2. The van der Waals surface area contributed by atoms with Crippen LogP contribution in [0.5, 0.6) is 5.75 Å². The van der Waals surface area contributed by atoms with Crippen molar-refractivity contribution in [2.45, 2.75) is 13.0 Å². The van der Waals surface area contributed by atoms with Gasteiger partial charge in [-0.15, -0.1) is 0 Å². The Morgan fingerprint density at radius 2 is 2.11 bits per heavy atom. The maximum atomic E-state index is 14.5. The number of aryl methyl sites for hydroxylation is 1. The second kappa shape index (κ2) is 6.42. The molecule has 7 heteroatoms. The van der Waals surface area contributed by atoms with Gasteiger partial charge in [-0.05, 0) is 42.3 Å².